The molecule has 1 aliphatic carbocycles. The van der Waals surface area contributed by atoms with Gasteiger partial charge in [0.2, 0.25) is 10.0 Å². The van der Waals surface area contributed by atoms with Crippen molar-refractivity contribution in [2.45, 2.75) is 63.3 Å². The summed E-state index contributed by atoms with van der Waals surface area (Å²) < 4.78 is 29.1. The van der Waals surface area contributed by atoms with E-state index in [0.717, 1.165) is 47.9 Å². The Labute approximate surface area is 193 Å². The lowest BCUT2D eigenvalue weighted by atomic mass is 9.95. The zero-order chi connectivity index (χ0) is 22.7. The molecule has 1 aromatic heterocycles. The molecule has 8 heteroatoms. The second-order valence-corrected chi connectivity index (χ2v) is 11.0. The van der Waals surface area contributed by atoms with Gasteiger partial charge in [0.15, 0.2) is 5.13 Å². The number of hydrogen-bond acceptors (Lipinski definition) is 5. The molecule has 1 aliphatic rings. The molecule has 0 aliphatic heterocycles. The molecular weight excluding hydrogens is 442 g/mol. The lowest BCUT2D eigenvalue weighted by Gasteiger charge is -2.32. The number of thiazole rings is 1. The third kappa shape index (κ3) is 4.58. The van der Waals surface area contributed by atoms with Gasteiger partial charge in [-0.1, -0.05) is 56.6 Å². The van der Waals surface area contributed by atoms with Crippen molar-refractivity contribution >= 4 is 42.6 Å². The molecule has 3 aromatic rings. The summed E-state index contributed by atoms with van der Waals surface area (Å²) in [6, 6.07) is 12.3. The summed E-state index contributed by atoms with van der Waals surface area (Å²) in [4.78, 5) is 17.5. The quantitative estimate of drug-likeness (QED) is 0.497. The summed E-state index contributed by atoms with van der Waals surface area (Å²) in [7, 11) is -3.59. The Bertz CT molecular complexity index is 1200. The van der Waals surface area contributed by atoms with Crippen LogP contribution in [0.25, 0.3) is 10.2 Å². The van der Waals surface area contributed by atoms with E-state index in [2.05, 4.69) is 17.2 Å². The van der Waals surface area contributed by atoms with Gasteiger partial charge in [0.1, 0.15) is 0 Å². The van der Waals surface area contributed by atoms with Crippen molar-refractivity contribution in [3.8, 4) is 0 Å². The smallest absolute Gasteiger partial charge is 0.257 e. The van der Waals surface area contributed by atoms with Crippen molar-refractivity contribution in [1.29, 1.82) is 0 Å². The third-order valence-electron chi connectivity index (χ3n) is 6.12. The molecule has 170 valence electrons. The average Bonchev–Trinajstić information content (AvgIpc) is 3.22. The Morgan fingerprint density at radius 1 is 1.09 bits per heavy atom. The summed E-state index contributed by atoms with van der Waals surface area (Å²) in [6.07, 6.45) is 6.01. The minimum absolute atomic E-state index is 0.0637. The fourth-order valence-corrected chi connectivity index (χ4v) is 7.02. The van der Waals surface area contributed by atoms with E-state index in [1.54, 1.807) is 16.4 Å². The maximum atomic E-state index is 13.2. The van der Waals surface area contributed by atoms with Gasteiger partial charge in [-0.25, -0.2) is 13.4 Å². The predicted octanol–water partition coefficient (Wildman–Crippen LogP) is 5.45. The van der Waals surface area contributed by atoms with Gasteiger partial charge in [-0.05, 0) is 55.2 Å². The van der Waals surface area contributed by atoms with Crippen molar-refractivity contribution in [1.82, 2.24) is 9.29 Å². The number of aryl methyl sites for hydroxylation is 1. The highest BCUT2D eigenvalue weighted by atomic mass is 32.2. The molecule has 1 saturated carbocycles. The molecule has 0 unspecified atom stereocenters. The summed E-state index contributed by atoms with van der Waals surface area (Å²) in [5.74, 6) is -0.300. The van der Waals surface area contributed by atoms with E-state index < -0.39 is 10.0 Å². The van der Waals surface area contributed by atoms with E-state index >= 15 is 0 Å². The predicted molar refractivity (Wildman–Crippen MR) is 130 cm³/mol. The van der Waals surface area contributed by atoms with E-state index in [-0.39, 0.29) is 16.8 Å². The molecule has 6 nitrogen and oxygen atoms in total. The molecule has 32 heavy (non-hydrogen) atoms. The molecule has 1 amide bonds. The molecule has 1 fully saturated rings. The van der Waals surface area contributed by atoms with Crippen LogP contribution >= 0.6 is 11.3 Å². The number of carbonyl (C=O) groups is 1. The Hall–Kier alpha value is -2.29. The van der Waals surface area contributed by atoms with Gasteiger partial charge in [-0.2, -0.15) is 4.31 Å². The number of hydrogen-bond donors (Lipinski definition) is 1. The van der Waals surface area contributed by atoms with Gasteiger partial charge in [-0.3, -0.25) is 10.1 Å². The lowest BCUT2D eigenvalue weighted by molar-refractivity contribution is 0.102. The first-order chi connectivity index (χ1) is 15.4. The minimum Gasteiger partial charge on any atom is -0.298 e. The van der Waals surface area contributed by atoms with Crippen LogP contribution in [0.3, 0.4) is 0 Å². The number of anilines is 1. The van der Waals surface area contributed by atoms with Crippen LogP contribution in [-0.4, -0.2) is 36.2 Å². The van der Waals surface area contributed by atoms with Gasteiger partial charge in [-0.15, -0.1) is 0 Å². The number of benzene rings is 2. The van der Waals surface area contributed by atoms with Crippen molar-refractivity contribution < 1.29 is 13.2 Å². The number of rotatable bonds is 7. The minimum atomic E-state index is -3.59. The number of fused-ring (bicyclic) bond motifs is 1. The van der Waals surface area contributed by atoms with E-state index in [1.165, 1.54) is 29.9 Å². The highest BCUT2D eigenvalue weighted by molar-refractivity contribution is 7.89. The number of amides is 1. The maximum Gasteiger partial charge on any atom is 0.257 e. The van der Waals surface area contributed by atoms with Gasteiger partial charge < -0.3 is 0 Å². The third-order valence-corrected chi connectivity index (χ3v) is 9.10. The van der Waals surface area contributed by atoms with Crippen LogP contribution in [0.2, 0.25) is 0 Å². The number of nitrogens with zero attached hydrogens (tertiary/aromatic N) is 2. The molecule has 0 spiro atoms. The van der Waals surface area contributed by atoms with E-state index in [1.807, 2.05) is 25.1 Å². The Morgan fingerprint density at radius 2 is 1.81 bits per heavy atom. The van der Waals surface area contributed by atoms with Gasteiger partial charge in [0.25, 0.3) is 5.91 Å². The van der Waals surface area contributed by atoms with Crippen molar-refractivity contribution in [3.05, 3.63) is 53.6 Å². The number of para-hydroxylation sites is 1. The first-order valence-corrected chi connectivity index (χ1v) is 13.5. The summed E-state index contributed by atoms with van der Waals surface area (Å²) >= 11 is 1.43. The second kappa shape index (κ2) is 9.68. The standard InChI is InChI=1S/C24H29N3O3S2/c1-3-17-9-8-12-21-22(17)25-24(31-21)26-23(28)18-13-15-20(16-14-18)32(29,30)27(4-2)19-10-6-5-7-11-19/h8-9,12-16,19H,3-7,10-11H2,1-2H3,(H,25,26,28). The Morgan fingerprint density at radius 3 is 2.47 bits per heavy atom. The van der Waals surface area contributed by atoms with Crippen LogP contribution in [0.4, 0.5) is 5.13 Å². The summed E-state index contributed by atoms with van der Waals surface area (Å²) in [5.41, 5.74) is 2.46. The normalized spacial score (nSPS) is 15.3. The number of nitrogens with one attached hydrogen (secondary N) is 1. The lowest BCUT2D eigenvalue weighted by Crippen LogP contribution is -2.41. The molecule has 4 rings (SSSR count). The molecule has 1 N–H and O–H groups in total. The first-order valence-electron chi connectivity index (χ1n) is 11.3. The van der Waals surface area contributed by atoms with E-state index in [9.17, 15) is 13.2 Å². The Kier molecular flexibility index (Phi) is 6.93. The van der Waals surface area contributed by atoms with Crippen LogP contribution in [0.5, 0.6) is 0 Å². The maximum absolute atomic E-state index is 13.2. The average molecular weight is 472 g/mol. The Balaban J connectivity index is 1.51. The van der Waals surface area contributed by atoms with Crippen molar-refractivity contribution in [2.24, 2.45) is 0 Å². The van der Waals surface area contributed by atoms with Gasteiger partial charge >= 0.3 is 0 Å². The molecular formula is C24H29N3O3S2. The zero-order valence-electron chi connectivity index (χ0n) is 18.5. The van der Waals surface area contributed by atoms with Gasteiger partial charge in [0, 0.05) is 18.2 Å². The molecule has 1 heterocycles. The van der Waals surface area contributed by atoms with Gasteiger partial charge in [0.05, 0.1) is 15.1 Å². The molecule has 0 radical (unpaired) electrons. The molecule has 2 aromatic carbocycles. The number of sulfonamides is 1. The van der Waals surface area contributed by atoms with Crippen LogP contribution in [0.15, 0.2) is 47.4 Å². The zero-order valence-corrected chi connectivity index (χ0v) is 20.1. The largest absolute Gasteiger partial charge is 0.298 e. The topological polar surface area (TPSA) is 79.4 Å². The second-order valence-electron chi connectivity index (χ2n) is 8.12. The van der Waals surface area contributed by atoms with Crippen LogP contribution in [0.1, 0.15) is 61.9 Å². The SMILES string of the molecule is CCc1cccc2sc(NC(=O)c3ccc(S(=O)(=O)N(CC)C4CCCCC4)cc3)nc12. The molecule has 0 atom stereocenters. The number of carbonyl (C=O) groups excluding carboxylic acids is 1. The summed E-state index contributed by atoms with van der Waals surface area (Å²) in [6.45, 7) is 4.42. The van der Waals surface area contributed by atoms with E-state index in [0.29, 0.717) is 17.2 Å². The van der Waals surface area contributed by atoms with Crippen molar-refractivity contribution in [2.75, 3.05) is 11.9 Å². The fraction of sp³-hybridized carbons (Fsp3) is 0.417. The highest BCUT2D eigenvalue weighted by Gasteiger charge is 2.31. The van der Waals surface area contributed by atoms with Crippen molar-refractivity contribution in [3.63, 3.8) is 0 Å². The van der Waals surface area contributed by atoms with Crippen LogP contribution in [-0.2, 0) is 16.4 Å². The molecule has 0 bridgehead atoms. The fourth-order valence-electron chi connectivity index (χ4n) is 4.42. The monoisotopic (exact) mass is 471 g/mol. The highest BCUT2D eigenvalue weighted by Crippen LogP contribution is 2.30. The first kappa shape index (κ1) is 22.9. The molecule has 0 saturated heterocycles. The number of aromatic nitrogens is 1. The summed E-state index contributed by atoms with van der Waals surface area (Å²) in [5, 5.41) is 3.39. The van der Waals surface area contributed by atoms with Crippen LogP contribution < -0.4 is 5.32 Å². The van der Waals surface area contributed by atoms with E-state index in [4.69, 9.17) is 0 Å². The van der Waals surface area contributed by atoms with Crippen LogP contribution in [0, 0.1) is 0 Å².